The first-order chi connectivity index (χ1) is 12.0. The number of likely N-dealkylation sites (tertiary alicyclic amines) is 1. The normalized spacial score (nSPS) is 17.5. The second kappa shape index (κ2) is 7.51. The molecule has 0 radical (unpaired) electrons. The molecule has 1 atom stereocenters. The zero-order valence-electron chi connectivity index (χ0n) is 14.4. The molecule has 25 heavy (non-hydrogen) atoms. The van der Waals surface area contributed by atoms with Gasteiger partial charge in [0.05, 0.1) is 5.69 Å². The Morgan fingerprint density at radius 3 is 2.76 bits per heavy atom. The Kier molecular flexibility index (Phi) is 5.16. The number of aryl methyl sites for hydroxylation is 1. The summed E-state index contributed by atoms with van der Waals surface area (Å²) in [5.41, 5.74) is 2.28. The Morgan fingerprint density at radius 1 is 1.28 bits per heavy atom. The predicted octanol–water partition coefficient (Wildman–Crippen LogP) is 2.90. The van der Waals surface area contributed by atoms with Crippen LogP contribution in [0.15, 0.2) is 36.4 Å². The fourth-order valence-electron chi connectivity index (χ4n) is 3.38. The monoisotopic (exact) mass is 341 g/mol. The van der Waals surface area contributed by atoms with Crippen molar-refractivity contribution in [1.82, 2.24) is 14.7 Å². The van der Waals surface area contributed by atoms with E-state index >= 15 is 0 Å². The van der Waals surface area contributed by atoms with Gasteiger partial charge in [0.15, 0.2) is 5.69 Å². The molecule has 1 amide bonds. The molecule has 1 saturated heterocycles. The molecule has 2 aromatic rings. The molecule has 1 aliphatic heterocycles. The zero-order valence-corrected chi connectivity index (χ0v) is 14.4. The summed E-state index contributed by atoms with van der Waals surface area (Å²) in [6.07, 6.45) is 2.67. The minimum atomic E-state index is -0.777. The first kappa shape index (κ1) is 17.2. The summed E-state index contributed by atoms with van der Waals surface area (Å²) in [5, 5.41) is 13.3. The molecule has 0 bridgehead atoms. The number of carbonyl (C=O) groups excluding carboxylic acids is 1. The molecule has 2 heterocycles. The van der Waals surface area contributed by atoms with Gasteiger partial charge >= 0.3 is 5.97 Å². The highest BCUT2D eigenvalue weighted by Crippen LogP contribution is 2.23. The van der Waals surface area contributed by atoms with Crippen molar-refractivity contribution >= 4 is 11.9 Å². The molecule has 132 valence electrons. The van der Waals surface area contributed by atoms with E-state index in [9.17, 15) is 9.59 Å². The van der Waals surface area contributed by atoms with E-state index in [4.69, 9.17) is 5.11 Å². The maximum Gasteiger partial charge on any atom is 0.303 e. The predicted molar refractivity (Wildman–Crippen MR) is 93.8 cm³/mol. The van der Waals surface area contributed by atoms with Crippen molar-refractivity contribution in [2.45, 2.75) is 32.6 Å². The maximum absolute atomic E-state index is 12.8. The smallest absolute Gasteiger partial charge is 0.303 e. The van der Waals surface area contributed by atoms with Crippen LogP contribution < -0.4 is 0 Å². The number of amides is 1. The molecule has 0 spiro atoms. The van der Waals surface area contributed by atoms with Gasteiger partial charge in [-0.1, -0.05) is 18.2 Å². The van der Waals surface area contributed by atoms with Crippen molar-refractivity contribution in [3.8, 4) is 5.69 Å². The Balaban J connectivity index is 1.71. The molecule has 1 aliphatic rings. The van der Waals surface area contributed by atoms with Crippen molar-refractivity contribution < 1.29 is 14.7 Å². The van der Waals surface area contributed by atoms with Crippen LogP contribution in [0.1, 0.15) is 41.9 Å². The van der Waals surface area contributed by atoms with Crippen molar-refractivity contribution in [2.24, 2.45) is 5.92 Å². The quantitative estimate of drug-likeness (QED) is 0.907. The lowest BCUT2D eigenvalue weighted by atomic mass is 9.93. The van der Waals surface area contributed by atoms with Gasteiger partial charge < -0.3 is 10.0 Å². The standard InChI is InChI=1S/C19H23N3O3/c1-14-12-17(20-22(14)16-7-3-2-4-8-16)19(25)21-11-5-6-15(13-21)9-10-18(23)24/h2-4,7-8,12,15H,5-6,9-11,13H2,1H3,(H,23,24)/t15-/m0/s1. The first-order valence-corrected chi connectivity index (χ1v) is 8.68. The highest BCUT2D eigenvalue weighted by molar-refractivity contribution is 5.92. The first-order valence-electron chi connectivity index (χ1n) is 8.68. The summed E-state index contributed by atoms with van der Waals surface area (Å²) >= 11 is 0. The van der Waals surface area contributed by atoms with Gasteiger partial charge in [-0.15, -0.1) is 0 Å². The molecule has 0 saturated carbocycles. The van der Waals surface area contributed by atoms with E-state index in [-0.39, 0.29) is 18.2 Å². The number of aromatic nitrogens is 2. The fourth-order valence-corrected chi connectivity index (χ4v) is 3.38. The van der Waals surface area contributed by atoms with Crippen LogP contribution in [-0.4, -0.2) is 44.8 Å². The average molecular weight is 341 g/mol. The van der Waals surface area contributed by atoms with Crippen LogP contribution in [-0.2, 0) is 4.79 Å². The van der Waals surface area contributed by atoms with E-state index in [1.54, 1.807) is 4.68 Å². The Bertz CT molecular complexity index is 755. The molecule has 1 aromatic heterocycles. The summed E-state index contributed by atoms with van der Waals surface area (Å²) in [5.74, 6) is -0.593. The lowest BCUT2D eigenvalue weighted by Crippen LogP contribution is -2.40. The molecule has 6 nitrogen and oxygen atoms in total. The van der Waals surface area contributed by atoms with Crippen molar-refractivity contribution in [3.63, 3.8) is 0 Å². The molecule has 1 N–H and O–H groups in total. The van der Waals surface area contributed by atoms with Gasteiger partial charge in [0.2, 0.25) is 0 Å². The molecular formula is C19H23N3O3. The van der Waals surface area contributed by atoms with Crippen molar-refractivity contribution in [2.75, 3.05) is 13.1 Å². The van der Waals surface area contributed by atoms with Crippen molar-refractivity contribution in [3.05, 3.63) is 47.8 Å². The minimum absolute atomic E-state index is 0.0715. The number of benzene rings is 1. The SMILES string of the molecule is Cc1cc(C(=O)N2CCC[C@@H](CCC(=O)O)C2)nn1-c1ccccc1. The van der Waals surface area contributed by atoms with Gasteiger partial charge in [-0.3, -0.25) is 9.59 Å². The van der Waals surface area contributed by atoms with E-state index in [0.29, 0.717) is 25.2 Å². The molecular weight excluding hydrogens is 318 g/mol. The summed E-state index contributed by atoms with van der Waals surface area (Å²) in [4.78, 5) is 25.4. The number of hydrogen-bond donors (Lipinski definition) is 1. The van der Waals surface area contributed by atoms with Crippen LogP contribution in [0.3, 0.4) is 0 Å². The van der Waals surface area contributed by atoms with Crippen molar-refractivity contribution in [1.29, 1.82) is 0 Å². The Labute approximate surface area is 147 Å². The number of carboxylic acid groups (broad SMARTS) is 1. The molecule has 0 unspecified atom stereocenters. The number of hydrogen-bond acceptors (Lipinski definition) is 3. The number of carbonyl (C=O) groups is 2. The second-order valence-corrected chi connectivity index (χ2v) is 6.61. The van der Waals surface area contributed by atoms with Crippen LogP contribution in [0.5, 0.6) is 0 Å². The van der Waals surface area contributed by atoms with Crippen LogP contribution in [0.25, 0.3) is 5.69 Å². The number of nitrogens with zero attached hydrogens (tertiary/aromatic N) is 3. The number of carboxylic acids is 1. The van der Waals surface area contributed by atoms with E-state index in [1.165, 1.54) is 0 Å². The lowest BCUT2D eigenvalue weighted by Gasteiger charge is -2.32. The maximum atomic E-state index is 12.8. The van der Waals surface area contributed by atoms with Gasteiger partial charge in [0.1, 0.15) is 0 Å². The minimum Gasteiger partial charge on any atom is -0.481 e. The molecule has 1 aromatic carbocycles. The summed E-state index contributed by atoms with van der Waals surface area (Å²) in [6.45, 7) is 3.26. The van der Waals surface area contributed by atoms with E-state index in [1.807, 2.05) is 48.2 Å². The zero-order chi connectivity index (χ0) is 17.8. The third kappa shape index (κ3) is 4.07. The third-order valence-electron chi connectivity index (χ3n) is 4.68. The lowest BCUT2D eigenvalue weighted by molar-refractivity contribution is -0.137. The summed E-state index contributed by atoms with van der Waals surface area (Å²) in [6, 6.07) is 11.6. The molecule has 0 aliphatic carbocycles. The van der Waals surface area contributed by atoms with E-state index < -0.39 is 5.97 Å². The molecule has 3 rings (SSSR count). The van der Waals surface area contributed by atoms with Crippen LogP contribution in [0.4, 0.5) is 0 Å². The highest BCUT2D eigenvalue weighted by Gasteiger charge is 2.26. The Morgan fingerprint density at radius 2 is 2.04 bits per heavy atom. The van der Waals surface area contributed by atoms with Gasteiger partial charge in [-0.05, 0) is 50.3 Å². The number of rotatable bonds is 5. The molecule has 6 heteroatoms. The number of aliphatic carboxylic acids is 1. The van der Waals surface area contributed by atoms with Gasteiger partial charge in [-0.2, -0.15) is 5.10 Å². The Hall–Kier alpha value is -2.63. The largest absolute Gasteiger partial charge is 0.481 e. The van der Waals surface area contributed by atoms with Crippen LogP contribution in [0, 0.1) is 12.8 Å². The number of para-hydroxylation sites is 1. The fraction of sp³-hybridized carbons (Fsp3) is 0.421. The summed E-state index contributed by atoms with van der Waals surface area (Å²) < 4.78 is 1.78. The van der Waals surface area contributed by atoms with E-state index in [0.717, 1.165) is 24.2 Å². The highest BCUT2D eigenvalue weighted by atomic mass is 16.4. The average Bonchev–Trinajstić information content (AvgIpc) is 3.02. The third-order valence-corrected chi connectivity index (χ3v) is 4.68. The van der Waals surface area contributed by atoms with E-state index in [2.05, 4.69) is 5.10 Å². The van der Waals surface area contributed by atoms with Gasteiger partial charge in [-0.25, -0.2) is 4.68 Å². The topological polar surface area (TPSA) is 75.4 Å². The van der Waals surface area contributed by atoms with Gasteiger partial charge in [0, 0.05) is 25.2 Å². The van der Waals surface area contributed by atoms with Crippen LogP contribution in [0.2, 0.25) is 0 Å². The second-order valence-electron chi connectivity index (χ2n) is 6.61. The molecule has 1 fully saturated rings. The number of piperidine rings is 1. The van der Waals surface area contributed by atoms with Crippen LogP contribution >= 0.6 is 0 Å². The summed E-state index contributed by atoms with van der Waals surface area (Å²) in [7, 11) is 0. The van der Waals surface area contributed by atoms with Gasteiger partial charge in [0.25, 0.3) is 5.91 Å².